The molecule has 28 heavy (non-hydrogen) atoms. The number of hydrogen-bond donors (Lipinski definition) is 0. The first-order chi connectivity index (χ1) is 13.5. The third-order valence-corrected chi connectivity index (χ3v) is 4.77. The molecule has 0 N–H and O–H groups in total. The minimum absolute atomic E-state index is 0.0500. The molecule has 0 aliphatic rings. The first-order valence-electron chi connectivity index (χ1n) is 8.76. The smallest absolute Gasteiger partial charge is 0.259 e. The fraction of sp³-hybridized carbons (Fsp3) is 0.190. The number of ether oxygens (including phenoxy) is 2. The van der Waals surface area contributed by atoms with Crippen LogP contribution in [0.1, 0.15) is 16.1 Å². The van der Waals surface area contributed by atoms with Crippen molar-refractivity contribution in [2.75, 3.05) is 14.2 Å². The van der Waals surface area contributed by atoms with Crippen LogP contribution in [0.15, 0.2) is 53.3 Å². The molecule has 0 saturated carbocycles. The normalized spacial score (nSPS) is 11.1. The van der Waals surface area contributed by atoms with Gasteiger partial charge >= 0.3 is 0 Å². The number of Topliss-reactive ketones (excluding diaryl/α,β-unsaturated/α-hetero) is 1. The van der Waals surface area contributed by atoms with Gasteiger partial charge in [0.05, 0.1) is 31.8 Å². The summed E-state index contributed by atoms with van der Waals surface area (Å²) < 4.78 is 13.8. The lowest BCUT2D eigenvalue weighted by molar-refractivity contribution is 0.0971. The second kappa shape index (κ2) is 6.84. The van der Waals surface area contributed by atoms with Crippen molar-refractivity contribution in [3.8, 4) is 11.5 Å². The summed E-state index contributed by atoms with van der Waals surface area (Å²) in [6.45, 7) is 1.84. The molecule has 2 aromatic heterocycles. The van der Waals surface area contributed by atoms with Crippen molar-refractivity contribution >= 4 is 22.6 Å². The quantitative estimate of drug-likeness (QED) is 0.500. The van der Waals surface area contributed by atoms with Crippen LogP contribution >= 0.6 is 0 Å². The van der Waals surface area contributed by atoms with Gasteiger partial charge in [0.25, 0.3) is 5.56 Å². The van der Waals surface area contributed by atoms with Gasteiger partial charge in [-0.25, -0.2) is 9.38 Å². The van der Waals surface area contributed by atoms with Crippen LogP contribution in [0.3, 0.4) is 0 Å². The Morgan fingerprint density at radius 3 is 2.54 bits per heavy atom. The maximum Gasteiger partial charge on any atom is 0.259 e. The fourth-order valence-corrected chi connectivity index (χ4v) is 3.33. The predicted octanol–water partition coefficient (Wildman–Crippen LogP) is 2.86. The molecule has 0 fully saturated rings. The van der Waals surface area contributed by atoms with Crippen molar-refractivity contribution in [1.82, 2.24) is 14.0 Å². The highest BCUT2D eigenvalue weighted by molar-refractivity contribution is 5.97. The van der Waals surface area contributed by atoms with Gasteiger partial charge in [0.2, 0.25) is 5.78 Å². The molecule has 0 atom stereocenters. The number of para-hydroxylation sites is 2. The average molecular weight is 377 g/mol. The van der Waals surface area contributed by atoms with Gasteiger partial charge in [0.15, 0.2) is 17.3 Å². The van der Waals surface area contributed by atoms with Crippen LogP contribution in [0.25, 0.3) is 16.8 Å². The van der Waals surface area contributed by atoms with Crippen LogP contribution in [0.5, 0.6) is 11.5 Å². The van der Waals surface area contributed by atoms with Gasteiger partial charge in [-0.2, -0.15) is 0 Å². The maximum atomic E-state index is 12.9. The number of nitrogens with zero attached hydrogens (tertiary/aromatic N) is 3. The molecule has 0 aliphatic heterocycles. The minimum atomic E-state index is -0.170. The van der Waals surface area contributed by atoms with E-state index in [0.717, 1.165) is 5.52 Å². The zero-order chi connectivity index (χ0) is 19.8. The third kappa shape index (κ3) is 2.81. The number of carbonyl (C=O) groups is 1. The molecule has 0 radical (unpaired) electrons. The molecule has 4 rings (SSSR count). The second-order valence-corrected chi connectivity index (χ2v) is 6.44. The van der Waals surface area contributed by atoms with Crippen LogP contribution in [0, 0.1) is 6.92 Å². The highest BCUT2D eigenvalue weighted by Gasteiger charge is 2.17. The Hall–Kier alpha value is -3.61. The lowest BCUT2D eigenvalue weighted by Gasteiger charge is -2.13. The molecule has 4 aromatic rings. The van der Waals surface area contributed by atoms with E-state index < -0.39 is 0 Å². The molecule has 7 nitrogen and oxygen atoms in total. The number of methoxy groups -OCH3 is 2. The molecule has 0 saturated heterocycles. The Balaban J connectivity index is 1.82. The van der Waals surface area contributed by atoms with Crippen molar-refractivity contribution in [2.24, 2.45) is 0 Å². The van der Waals surface area contributed by atoms with Gasteiger partial charge in [-0.1, -0.05) is 12.1 Å². The first kappa shape index (κ1) is 17.8. The van der Waals surface area contributed by atoms with E-state index >= 15 is 0 Å². The Morgan fingerprint density at radius 1 is 1.04 bits per heavy atom. The van der Waals surface area contributed by atoms with Crippen LogP contribution in [-0.4, -0.2) is 34.0 Å². The number of aryl methyl sites for hydroxylation is 1. The molecular formula is C21H19N3O4. The van der Waals surface area contributed by atoms with Gasteiger partial charge in [0, 0.05) is 17.3 Å². The van der Waals surface area contributed by atoms with Crippen molar-refractivity contribution in [2.45, 2.75) is 13.5 Å². The number of imidazole rings is 1. The molecule has 7 heteroatoms. The Labute approximate surface area is 160 Å². The maximum absolute atomic E-state index is 12.9. The van der Waals surface area contributed by atoms with E-state index in [9.17, 15) is 9.59 Å². The average Bonchev–Trinajstić information content (AvgIpc) is 3.10. The second-order valence-electron chi connectivity index (χ2n) is 6.44. The van der Waals surface area contributed by atoms with Crippen LogP contribution in [-0.2, 0) is 6.54 Å². The number of fused-ring (bicyclic) bond motifs is 3. The summed E-state index contributed by atoms with van der Waals surface area (Å²) in [7, 11) is 3.07. The van der Waals surface area contributed by atoms with Crippen LogP contribution in [0.4, 0.5) is 0 Å². The van der Waals surface area contributed by atoms with Gasteiger partial charge in [-0.3, -0.25) is 9.59 Å². The Morgan fingerprint density at radius 2 is 1.79 bits per heavy atom. The number of aromatic nitrogens is 3. The van der Waals surface area contributed by atoms with Gasteiger partial charge in [-0.15, -0.1) is 0 Å². The Bertz CT molecular complexity index is 1270. The van der Waals surface area contributed by atoms with E-state index in [4.69, 9.17) is 9.47 Å². The zero-order valence-electron chi connectivity index (χ0n) is 15.8. The molecule has 2 aromatic carbocycles. The van der Waals surface area contributed by atoms with E-state index in [1.54, 1.807) is 36.8 Å². The monoisotopic (exact) mass is 377 g/mol. The molecule has 2 heterocycles. The molecule has 0 bridgehead atoms. The molecule has 142 valence electrons. The minimum Gasteiger partial charge on any atom is -0.493 e. The fourth-order valence-electron chi connectivity index (χ4n) is 3.33. The van der Waals surface area contributed by atoms with Gasteiger partial charge < -0.3 is 14.0 Å². The van der Waals surface area contributed by atoms with E-state index in [1.807, 2.05) is 24.3 Å². The highest BCUT2D eigenvalue weighted by atomic mass is 16.5. The number of ketones is 1. The predicted molar refractivity (Wildman–Crippen MR) is 106 cm³/mol. The molecule has 0 unspecified atom stereocenters. The molecule has 0 aliphatic carbocycles. The summed E-state index contributed by atoms with van der Waals surface area (Å²) in [6, 6.07) is 14.0. The summed E-state index contributed by atoms with van der Waals surface area (Å²) in [5.74, 6) is 1.36. The summed E-state index contributed by atoms with van der Waals surface area (Å²) >= 11 is 0. The summed E-state index contributed by atoms with van der Waals surface area (Å²) in [4.78, 5) is 30.1. The molecule has 0 amide bonds. The zero-order valence-corrected chi connectivity index (χ0v) is 15.8. The number of benzene rings is 2. The SMILES string of the molecule is COc1ccc(C(=O)Cn2c(C)cc(=O)n3c4ccccc4nc23)cc1OC. The molecular weight excluding hydrogens is 358 g/mol. The summed E-state index contributed by atoms with van der Waals surface area (Å²) in [6.07, 6.45) is 0. The Kier molecular flexibility index (Phi) is 4.35. The van der Waals surface area contributed by atoms with Crippen molar-refractivity contribution < 1.29 is 14.3 Å². The summed E-state index contributed by atoms with van der Waals surface area (Å²) in [5.41, 5.74) is 2.41. The lowest BCUT2D eigenvalue weighted by Crippen LogP contribution is -2.22. The van der Waals surface area contributed by atoms with Crippen molar-refractivity contribution in [1.29, 1.82) is 0 Å². The van der Waals surface area contributed by atoms with E-state index in [1.165, 1.54) is 17.6 Å². The number of rotatable bonds is 5. The number of hydrogen-bond acceptors (Lipinski definition) is 5. The van der Waals surface area contributed by atoms with Crippen molar-refractivity contribution in [3.05, 3.63) is 70.1 Å². The lowest BCUT2D eigenvalue weighted by atomic mass is 10.1. The topological polar surface area (TPSA) is 74.8 Å². The highest BCUT2D eigenvalue weighted by Crippen LogP contribution is 2.28. The van der Waals surface area contributed by atoms with E-state index in [-0.39, 0.29) is 17.9 Å². The molecule has 0 spiro atoms. The van der Waals surface area contributed by atoms with Gasteiger partial charge in [0.1, 0.15) is 0 Å². The van der Waals surface area contributed by atoms with Crippen LogP contribution < -0.4 is 15.0 Å². The summed E-state index contributed by atoms with van der Waals surface area (Å²) in [5, 5.41) is 0. The third-order valence-electron chi connectivity index (χ3n) is 4.77. The largest absolute Gasteiger partial charge is 0.493 e. The standard InChI is InChI=1S/C21H19N3O4/c1-13-10-20(26)24-16-7-5-4-6-15(16)22-21(24)23(13)12-17(25)14-8-9-18(27-2)19(11-14)28-3/h4-11H,12H2,1-3H3. The van der Waals surface area contributed by atoms with Crippen molar-refractivity contribution in [3.63, 3.8) is 0 Å². The van der Waals surface area contributed by atoms with E-state index in [0.29, 0.717) is 34.1 Å². The van der Waals surface area contributed by atoms with Crippen LogP contribution in [0.2, 0.25) is 0 Å². The van der Waals surface area contributed by atoms with Gasteiger partial charge in [-0.05, 0) is 37.3 Å². The number of carbonyl (C=O) groups excluding carboxylic acids is 1. The van der Waals surface area contributed by atoms with E-state index in [2.05, 4.69) is 4.98 Å². The first-order valence-corrected chi connectivity index (χ1v) is 8.76.